The summed E-state index contributed by atoms with van der Waals surface area (Å²) in [6, 6.07) is 18.2. The van der Waals surface area contributed by atoms with E-state index in [0.29, 0.717) is 25.8 Å². The van der Waals surface area contributed by atoms with Gasteiger partial charge in [0.2, 0.25) is 11.8 Å². The van der Waals surface area contributed by atoms with E-state index in [2.05, 4.69) is 23.5 Å². The Bertz CT molecular complexity index is 858. The molecule has 0 spiro atoms. The van der Waals surface area contributed by atoms with Crippen LogP contribution in [0.4, 0.5) is 0 Å². The zero-order valence-electron chi connectivity index (χ0n) is 16.9. The van der Waals surface area contributed by atoms with E-state index in [-0.39, 0.29) is 23.5 Å². The summed E-state index contributed by atoms with van der Waals surface area (Å²) in [5, 5.41) is 3.16. The third kappa shape index (κ3) is 4.61. The molecule has 0 aliphatic carbocycles. The maximum absolute atomic E-state index is 12.8. The van der Waals surface area contributed by atoms with E-state index in [4.69, 9.17) is 4.74 Å². The first kappa shape index (κ1) is 19.5. The van der Waals surface area contributed by atoms with Gasteiger partial charge in [0.1, 0.15) is 11.9 Å². The first-order chi connectivity index (χ1) is 14.0. The van der Waals surface area contributed by atoms with E-state index in [0.717, 1.165) is 25.0 Å². The van der Waals surface area contributed by atoms with Crippen LogP contribution < -0.4 is 10.1 Å². The Labute approximate surface area is 172 Å². The second-order valence-corrected chi connectivity index (χ2v) is 8.32. The molecule has 0 saturated carbocycles. The van der Waals surface area contributed by atoms with Crippen molar-refractivity contribution in [3.05, 3.63) is 65.7 Å². The highest BCUT2D eigenvalue weighted by Crippen LogP contribution is 2.31. The van der Waals surface area contributed by atoms with Crippen molar-refractivity contribution in [1.29, 1.82) is 0 Å². The molecule has 152 valence electrons. The summed E-state index contributed by atoms with van der Waals surface area (Å²) in [7, 11) is 1.84. The van der Waals surface area contributed by atoms with Crippen molar-refractivity contribution in [3.8, 4) is 5.75 Å². The predicted octanol–water partition coefficient (Wildman–Crippen LogP) is 3.12. The van der Waals surface area contributed by atoms with Gasteiger partial charge in [-0.25, -0.2) is 0 Å². The zero-order chi connectivity index (χ0) is 20.3. The number of carbonyl (C=O) groups is 2. The highest BCUT2D eigenvalue weighted by atomic mass is 16.5. The molecule has 4 rings (SSSR count). The van der Waals surface area contributed by atoms with Crippen molar-refractivity contribution in [3.63, 3.8) is 0 Å². The fraction of sp³-hybridized carbons (Fsp3) is 0.417. The van der Waals surface area contributed by atoms with Gasteiger partial charge in [0.25, 0.3) is 0 Å². The van der Waals surface area contributed by atoms with Crippen LogP contribution in [-0.4, -0.2) is 41.9 Å². The molecule has 2 amide bonds. The molecule has 0 aromatic heterocycles. The molecule has 2 aliphatic heterocycles. The van der Waals surface area contributed by atoms with Crippen LogP contribution >= 0.6 is 0 Å². The number of fused-ring (bicyclic) bond motifs is 1. The lowest BCUT2D eigenvalue weighted by Gasteiger charge is -2.30. The van der Waals surface area contributed by atoms with Crippen LogP contribution in [0.2, 0.25) is 0 Å². The topological polar surface area (TPSA) is 58.6 Å². The average molecular weight is 392 g/mol. The Morgan fingerprint density at radius 2 is 1.93 bits per heavy atom. The molecule has 5 nitrogen and oxygen atoms in total. The second kappa shape index (κ2) is 8.27. The van der Waals surface area contributed by atoms with Crippen LogP contribution in [0.5, 0.6) is 5.75 Å². The molecule has 0 radical (unpaired) electrons. The third-order valence-corrected chi connectivity index (χ3v) is 6.06. The van der Waals surface area contributed by atoms with Gasteiger partial charge in [0.15, 0.2) is 0 Å². The number of carbonyl (C=O) groups excluding carboxylic acids is 2. The number of hydrogen-bond acceptors (Lipinski definition) is 3. The lowest BCUT2D eigenvalue weighted by Crippen LogP contribution is -2.45. The summed E-state index contributed by atoms with van der Waals surface area (Å²) in [6.45, 7) is 0.575. The third-order valence-electron chi connectivity index (χ3n) is 6.06. The largest absolute Gasteiger partial charge is 0.488 e. The van der Waals surface area contributed by atoms with Crippen molar-refractivity contribution < 1.29 is 14.3 Å². The van der Waals surface area contributed by atoms with Crippen LogP contribution in [0.15, 0.2) is 54.6 Å². The Morgan fingerprint density at radius 1 is 1.17 bits per heavy atom. The number of nitrogens with zero attached hydrogens (tertiary/aromatic N) is 1. The summed E-state index contributed by atoms with van der Waals surface area (Å²) in [5.74, 6) is 1.10. The zero-order valence-corrected chi connectivity index (χ0v) is 16.9. The normalized spacial score (nSPS) is 22.7. The van der Waals surface area contributed by atoms with Gasteiger partial charge in [-0.3, -0.25) is 9.59 Å². The summed E-state index contributed by atoms with van der Waals surface area (Å²) in [4.78, 5) is 26.5. The van der Waals surface area contributed by atoms with E-state index in [1.165, 1.54) is 11.1 Å². The first-order valence-electron chi connectivity index (χ1n) is 10.4. The van der Waals surface area contributed by atoms with Gasteiger partial charge in [-0.15, -0.1) is 0 Å². The van der Waals surface area contributed by atoms with E-state index in [1.807, 2.05) is 43.4 Å². The van der Waals surface area contributed by atoms with Gasteiger partial charge in [-0.05, 0) is 36.5 Å². The minimum Gasteiger partial charge on any atom is -0.488 e. The first-order valence-corrected chi connectivity index (χ1v) is 10.4. The number of ether oxygens (including phenoxy) is 1. The number of benzene rings is 2. The molecule has 29 heavy (non-hydrogen) atoms. The number of likely N-dealkylation sites (N-methyl/N-ethyl adjacent to an activating group) is 1. The SMILES string of the molecule is CN(CC1Cc2ccccc2O1)C(=O)CCC1(Cc2ccccc2)CCC(=O)N1. The Kier molecular flexibility index (Phi) is 5.56. The molecule has 1 saturated heterocycles. The fourth-order valence-corrected chi connectivity index (χ4v) is 4.47. The van der Waals surface area contributed by atoms with Crippen LogP contribution in [0.1, 0.15) is 36.8 Å². The quantitative estimate of drug-likeness (QED) is 0.788. The average Bonchev–Trinajstić information content (AvgIpc) is 3.29. The highest BCUT2D eigenvalue weighted by molar-refractivity contribution is 5.80. The van der Waals surface area contributed by atoms with Crippen LogP contribution in [-0.2, 0) is 22.4 Å². The van der Waals surface area contributed by atoms with Gasteiger partial charge in [0.05, 0.1) is 6.54 Å². The molecular weight excluding hydrogens is 364 g/mol. The molecule has 2 aliphatic rings. The number of para-hydroxylation sites is 1. The molecule has 1 fully saturated rings. The summed E-state index contributed by atoms with van der Waals surface area (Å²) >= 11 is 0. The molecule has 1 N–H and O–H groups in total. The van der Waals surface area contributed by atoms with Crippen molar-refractivity contribution in [2.24, 2.45) is 0 Å². The fourth-order valence-electron chi connectivity index (χ4n) is 4.47. The van der Waals surface area contributed by atoms with E-state index in [1.54, 1.807) is 4.90 Å². The molecule has 2 aromatic rings. The summed E-state index contributed by atoms with van der Waals surface area (Å²) in [5.41, 5.74) is 2.07. The molecule has 2 unspecified atom stereocenters. The van der Waals surface area contributed by atoms with E-state index >= 15 is 0 Å². The lowest BCUT2D eigenvalue weighted by atomic mass is 9.85. The standard InChI is InChI=1S/C24H28N2O3/c1-26(17-20-15-19-9-5-6-10-21(19)29-20)23(28)12-14-24(13-11-22(27)25-24)16-18-7-3-2-4-8-18/h2-10,20H,11-17H2,1H3,(H,25,27). The molecular formula is C24H28N2O3. The second-order valence-electron chi connectivity index (χ2n) is 8.32. The number of hydrogen-bond donors (Lipinski definition) is 1. The van der Waals surface area contributed by atoms with Crippen molar-refractivity contribution in [2.45, 2.75) is 50.2 Å². The summed E-state index contributed by atoms with van der Waals surface area (Å²) < 4.78 is 5.97. The van der Waals surface area contributed by atoms with Gasteiger partial charge < -0.3 is 15.0 Å². The van der Waals surface area contributed by atoms with Gasteiger partial charge in [-0.1, -0.05) is 48.5 Å². The van der Waals surface area contributed by atoms with Crippen molar-refractivity contribution in [1.82, 2.24) is 10.2 Å². The number of rotatable bonds is 7. The minimum absolute atomic E-state index is 0.00538. The smallest absolute Gasteiger partial charge is 0.222 e. The van der Waals surface area contributed by atoms with Crippen molar-refractivity contribution >= 4 is 11.8 Å². The van der Waals surface area contributed by atoms with Gasteiger partial charge in [0, 0.05) is 31.8 Å². The highest BCUT2D eigenvalue weighted by Gasteiger charge is 2.38. The van der Waals surface area contributed by atoms with E-state index < -0.39 is 0 Å². The van der Waals surface area contributed by atoms with E-state index in [9.17, 15) is 9.59 Å². The van der Waals surface area contributed by atoms with Gasteiger partial charge in [-0.2, -0.15) is 0 Å². The maximum Gasteiger partial charge on any atom is 0.222 e. The Balaban J connectivity index is 1.33. The van der Waals surface area contributed by atoms with Crippen LogP contribution in [0.25, 0.3) is 0 Å². The maximum atomic E-state index is 12.8. The number of amides is 2. The molecule has 2 aromatic carbocycles. The summed E-state index contributed by atoms with van der Waals surface area (Å²) in [6.07, 6.45) is 3.99. The lowest BCUT2D eigenvalue weighted by molar-refractivity contribution is -0.131. The van der Waals surface area contributed by atoms with Crippen molar-refractivity contribution in [2.75, 3.05) is 13.6 Å². The van der Waals surface area contributed by atoms with Crippen LogP contribution in [0.3, 0.4) is 0 Å². The molecule has 0 bridgehead atoms. The number of nitrogens with one attached hydrogen (secondary N) is 1. The van der Waals surface area contributed by atoms with Gasteiger partial charge >= 0.3 is 0 Å². The minimum atomic E-state index is -0.324. The Hall–Kier alpha value is -2.82. The molecule has 2 heterocycles. The molecule has 5 heteroatoms. The molecule has 2 atom stereocenters. The monoisotopic (exact) mass is 392 g/mol. The van der Waals surface area contributed by atoms with Crippen LogP contribution in [0, 0.1) is 0 Å². The predicted molar refractivity (Wildman–Crippen MR) is 112 cm³/mol. The Morgan fingerprint density at radius 3 is 2.66 bits per heavy atom.